The van der Waals surface area contributed by atoms with Crippen LogP contribution in [0.25, 0.3) is 0 Å². The van der Waals surface area contributed by atoms with Gasteiger partial charge in [0.2, 0.25) is 0 Å². The maximum atomic E-state index is 13.7. The van der Waals surface area contributed by atoms with E-state index < -0.39 is 6.10 Å². The Morgan fingerprint density at radius 3 is 2.72 bits per heavy atom. The van der Waals surface area contributed by atoms with Gasteiger partial charge in [-0.1, -0.05) is 17.8 Å². The average molecular weight is 266 g/mol. The first-order valence-corrected chi connectivity index (χ1v) is 6.45. The second-order valence-electron chi connectivity index (χ2n) is 4.18. The molecule has 1 aromatic heterocycles. The van der Waals surface area contributed by atoms with Gasteiger partial charge in [0.25, 0.3) is 0 Å². The largest absolute Gasteiger partial charge is 0.389 e. The summed E-state index contributed by atoms with van der Waals surface area (Å²) in [5, 5.41) is 14.8. The van der Waals surface area contributed by atoms with Crippen molar-refractivity contribution in [3.63, 3.8) is 0 Å². The highest BCUT2D eigenvalue weighted by atomic mass is 32.2. The Morgan fingerprint density at radius 2 is 2.17 bits per heavy atom. The van der Waals surface area contributed by atoms with E-state index in [0.29, 0.717) is 10.5 Å². The normalized spacial score (nSPS) is 12.7. The molecule has 0 radical (unpaired) electrons. The van der Waals surface area contributed by atoms with Gasteiger partial charge in [0, 0.05) is 17.5 Å². The highest BCUT2D eigenvalue weighted by Gasteiger charge is 2.15. The lowest BCUT2D eigenvalue weighted by atomic mass is 10.1. The lowest BCUT2D eigenvalue weighted by Crippen LogP contribution is -1.99. The Morgan fingerprint density at radius 1 is 1.44 bits per heavy atom. The molecule has 2 rings (SSSR count). The van der Waals surface area contributed by atoms with Crippen molar-refractivity contribution in [3.8, 4) is 0 Å². The molecule has 0 fully saturated rings. The van der Waals surface area contributed by atoms with Crippen molar-refractivity contribution in [1.29, 1.82) is 0 Å². The van der Waals surface area contributed by atoms with Gasteiger partial charge in [-0.2, -0.15) is 5.10 Å². The number of aliphatic hydroxyl groups excluding tert-OH is 1. The lowest BCUT2D eigenvalue weighted by Gasteiger charge is -2.12. The number of halogens is 1. The molecule has 5 heteroatoms. The van der Waals surface area contributed by atoms with E-state index in [9.17, 15) is 9.50 Å². The molecule has 0 aliphatic rings. The average Bonchev–Trinajstić information content (AvgIpc) is 2.57. The van der Waals surface area contributed by atoms with E-state index in [1.54, 1.807) is 23.7 Å². The van der Waals surface area contributed by atoms with E-state index in [4.69, 9.17) is 0 Å². The van der Waals surface area contributed by atoms with Gasteiger partial charge in [0.1, 0.15) is 5.82 Å². The minimum Gasteiger partial charge on any atom is -0.389 e. The SMILES string of the molecule is Cc1cc(Sc2cccc(F)c2C(C)O)n(C)n1. The molecular weight excluding hydrogens is 251 g/mol. The predicted octanol–water partition coefficient (Wildman–Crippen LogP) is 3.07. The third kappa shape index (κ3) is 2.57. The molecular formula is C13H15FN2OS. The smallest absolute Gasteiger partial charge is 0.130 e. The number of benzene rings is 1. The fourth-order valence-corrected chi connectivity index (χ4v) is 2.96. The Labute approximate surface area is 110 Å². The molecule has 18 heavy (non-hydrogen) atoms. The zero-order valence-electron chi connectivity index (χ0n) is 10.5. The van der Waals surface area contributed by atoms with Gasteiger partial charge < -0.3 is 5.11 Å². The topological polar surface area (TPSA) is 38.0 Å². The highest BCUT2D eigenvalue weighted by Crippen LogP contribution is 2.34. The minimum atomic E-state index is -0.831. The van der Waals surface area contributed by atoms with Crippen LogP contribution in [0.1, 0.15) is 24.3 Å². The summed E-state index contributed by atoms with van der Waals surface area (Å²) >= 11 is 1.40. The van der Waals surface area contributed by atoms with E-state index in [2.05, 4.69) is 5.10 Å². The maximum Gasteiger partial charge on any atom is 0.130 e. The van der Waals surface area contributed by atoms with Crippen LogP contribution in [0.4, 0.5) is 4.39 Å². The molecule has 1 unspecified atom stereocenters. The molecule has 0 amide bonds. The Hall–Kier alpha value is -1.33. The summed E-state index contributed by atoms with van der Waals surface area (Å²) in [5.74, 6) is -0.381. The fraction of sp³-hybridized carbons (Fsp3) is 0.308. The van der Waals surface area contributed by atoms with Crippen LogP contribution in [0.5, 0.6) is 0 Å². The number of aryl methyl sites for hydroxylation is 2. The van der Waals surface area contributed by atoms with Gasteiger partial charge in [-0.25, -0.2) is 4.39 Å². The van der Waals surface area contributed by atoms with Crippen LogP contribution in [0.2, 0.25) is 0 Å². The molecule has 2 aromatic rings. The lowest BCUT2D eigenvalue weighted by molar-refractivity contribution is 0.191. The second kappa shape index (κ2) is 5.12. The summed E-state index contributed by atoms with van der Waals surface area (Å²) in [6, 6.07) is 6.74. The number of aliphatic hydroxyl groups is 1. The van der Waals surface area contributed by atoms with Gasteiger partial charge in [-0.05, 0) is 32.0 Å². The summed E-state index contributed by atoms with van der Waals surface area (Å²) in [5.41, 5.74) is 1.25. The Balaban J connectivity index is 2.40. The van der Waals surface area contributed by atoms with Gasteiger partial charge in [-0.3, -0.25) is 4.68 Å². The van der Waals surface area contributed by atoms with Crippen molar-refractivity contribution >= 4 is 11.8 Å². The van der Waals surface area contributed by atoms with Crippen molar-refractivity contribution < 1.29 is 9.50 Å². The quantitative estimate of drug-likeness (QED) is 0.927. The first-order chi connectivity index (χ1) is 8.49. The third-order valence-electron chi connectivity index (χ3n) is 2.60. The van der Waals surface area contributed by atoms with Crippen molar-refractivity contribution in [2.75, 3.05) is 0 Å². The van der Waals surface area contributed by atoms with E-state index in [0.717, 1.165) is 10.7 Å². The number of hydrogen-bond acceptors (Lipinski definition) is 3. The van der Waals surface area contributed by atoms with E-state index >= 15 is 0 Å². The first-order valence-electron chi connectivity index (χ1n) is 5.64. The monoisotopic (exact) mass is 266 g/mol. The van der Waals surface area contributed by atoms with Gasteiger partial charge >= 0.3 is 0 Å². The molecule has 0 saturated heterocycles. The molecule has 96 valence electrons. The molecule has 1 aromatic carbocycles. The van der Waals surface area contributed by atoms with Crippen LogP contribution in [-0.4, -0.2) is 14.9 Å². The van der Waals surface area contributed by atoms with E-state index in [-0.39, 0.29) is 5.82 Å². The van der Waals surface area contributed by atoms with Crippen LogP contribution in [0.15, 0.2) is 34.2 Å². The molecule has 1 N–H and O–H groups in total. The van der Waals surface area contributed by atoms with Gasteiger partial charge in [0.05, 0.1) is 16.8 Å². The molecule has 1 atom stereocenters. The first kappa shape index (κ1) is 13.1. The molecule has 0 aliphatic carbocycles. The number of nitrogens with zero attached hydrogens (tertiary/aromatic N) is 2. The fourth-order valence-electron chi connectivity index (χ4n) is 1.81. The standard InChI is InChI=1S/C13H15FN2OS/c1-8-7-12(16(3)15-8)18-11-6-4-5-10(14)13(11)9(2)17/h4-7,9,17H,1-3H3. The summed E-state index contributed by atoms with van der Waals surface area (Å²) in [6.45, 7) is 3.47. The predicted molar refractivity (Wildman–Crippen MR) is 69.1 cm³/mol. The number of aromatic nitrogens is 2. The highest BCUT2D eigenvalue weighted by molar-refractivity contribution is 7.99. The van der Waals surface area contributed by atoms with Crippen molar-refractivity contribution in [3.05, 3.63) is 41.3 Å². The molecule has 0 saturated carbocycles. The minimum absolute atomic E-state index is 0.335. The van der Waals surface area contributed by atoms with Crippen molar-refractivity contribution in [1.82, 2.24) is 9.78 Å². The van der Waals surface area contributed by atoms with Crippen LogP contribution in [0.3, 0.4) is 0 Å². The van der Waals surface area contributed by atoms with Crippen molar-refractivity contribution in [2.24, 2.45) is 7.05 Å². The molecule has 0 spiro atoms. The molecule has 0 bridgehead atoms. The second-order valence-corrected chi connectivity index (χ2v) is 5.24. The number of rotatable bonds is 3. The van der Waals surface area contributed by atoms with Crippen molar-refractivity contribution in [2.45, 2.75) is 29.9 Å². The summed E-state index contributed by atoms with van der Waals surface area (Å²) in [7, 11) is 1.84. The molecule has 0 aliphatic heterocycles. The maximum absolute atomic E-state index is 13.7. The summed E-state index contributed by atoms with van der Waals surface area (Å²) in [4.78, 5) is 0.716. The zero-order chi connectivity index (χ0) is 13.3. The van der Waals surface area contributed by atoms with Crippen LogP contribution in [0, 0.1) is 12.7 Å². The number of hydrogen-bond donors (Lipinski definition) is 1. The third-order valence-corrected chi connectivity index (χ3v) is 3.77. The van der Waals surface area contributed by atoms with Crippen LogP contribution < -0.4 is 0 Å². The van der Waals surface area contributed by atoms with Gasteiger partial charge in [0.15, 0.2) is 0 Å². The van der Waals surface area contributed by atoms with E-state index in [1.807, 2.05) is 20.0 Å². The molecule has 3 nitrogen and oxygen atoms in total. The molecule has 1 heterocycles. The summed E-state index contributed by atoms with van der Waals surface area (Å²) < 4.78 is 15.5. The summed E-state index contributed by atoms with van der Waals surface area (Å²) in [6.07, 6.45) is -0.831. The Kier molecular flexibility index (Phi) is 3.73. The Bertz CT molecular complexity index is 566. The van der Waals surface area contributed by atoms with Gasteiger partial charge in [-0.15, -0.1) is 0 Å². The van der Waals surface area contributed by atoms with E-state index in [1.165, 1.54) is 17.8 Å². The zero-order valence-corrected chi connectivity index (χ0v) is 11.3. The van der Waals surface area contributed by atoms with Crippen LogP contribution >= 0.6 is 11.8 Å². The van der Waals surface area contributed by atoms with Crippen LogP contribution in [-0.2, 0) is 7.05 Å².